The van der Waals surface area contributed by atoms with Gasteiger partial charge in [-0.15, -0.1) is 0 Å². The topological polar surface area (TPSA) is 59.8 Å². The predicted octanol–water partition coefficient (Wildman–Crippen LogP) is 1.70. The zero-order chi connectivity index (χ0) is 13.5. The van der Waals surface area contributed by atoms with Gasteiger partial charge in [0, 0.05) is 31.5 Å². The monoisotopic (exact) mass is 258 g/mol. The molecule has 2 aromatic rings. The van der Waals surface area contributed by atoms with E-state index < -0.39 is 0 Å². The van der Waals surface area contributed by atoms with Crippen LogP contribution in [0.3, 0.4) is 0 Å². The summed E-state index contributed by atoms with van der Waals surface area (Å²) in [4.78, 5) is 15.9. The van der Waals surface area contributed by atoms with Crippen LogP contribution in [-0.2, 0) is 13.0 Å². The molecule has 0 saturated carbocycles. The van der Waals surface area contributed by atoms with E-state index in [1.165, 1.54) is 4.68 Å². The third kappa shape index (κ3) is 3.91. The van der Waals surface area contributed by atoms with Gasteiger partial charge in [-0.1, -0.05) is 13.0 Å². The summed E-state index contributed by atoms with van der Waals surface area (Å²) in [5, 5.41) is 7.32. The van der Waals surface area contributed by atoms with Crippen molar-refractivity contribution in [2.45, 2.75) is 26.3 Å². The summed E-state index contributed by atoms with van der Waals surface area (Å²) in [7, 11) is 0. The van der Waals surface area contributed by atoms with Crippen molar-refractivity contribution in [1.82, 2.24) is 14.8 Å². The Kier molecular flexibility index (Phi) is 4.66. The summed E-state index contributed by atoms with van der Waals surface area (Å²) in [6.07, 6.45) is 7.01. The lowest BCUT2D eigenvalue weighted by Crippen LogP contribution is -2.23. The van der Waals surface area contributed by atoms with Gasteiger partial charge in [0.05, 0.1) is 11.9 Å². The van der Waals surface area contributed by atoms with E-state index in [0.29, 0.717) is 6.54 Å². The van der Waals surface area contributed by atoms with Crippen LogP contribution in [-0.4, -0.2) is 21.3 Å². The number of hydrogen-bond acceptors (Lipinski definition) is 4. The van der Waals surface area contributed by atoms with E-state index in [2.05, 4.69) is 22.3 Å². The lowest BCUT2D eigenvalue weighted by molar-refractivity contribution is 0.578. The molecule has 2 aromatic heterocycles. The second-order valence-electron chi connectivity index (χ2n) is 4.34. The molecule has 0 saturated heterocycles. The van der Waals surface area contributed by atoms with Crippen LogP contribution in [0, 0.1) is 0 Å². The molecule has 2 rings (SSSR count). The highest BCUT2D eigenvalue weighted by Gasteiger charge is 2.00. The Morgan fingerprint density at radius 2 is 2.26 bits per heavy atom. The maximum atomic E-state index is 11.9. The predicted molar refractivity (Wildman–Crippen MR) is 75.2 cm³/mol. The molecule has 0 fully saturated rings. The van der Waals surface area contributed by atoms with E-state index in [1.54, 1.807) is 18.5 Å². The van der Waals surface area contributed by atoms with Crippen molar-refractivity contribution in [2.75, 3.05) is 11.9 Å². The summed E-state index contributed by atoms with van der Waals surface area (Å²) in [5.41, 5.74) is 1.80. The third-order valence-corrected chi connectivity index (χ3v) is 2.78. The van der Waals surface area contributed by atoms with Crippen molar-refractivity contribution < 1.29 is 0 Å². The second kappa shape index (κ2) is 6.68. The molecule has 0 aliphatic heterocycles. The molecule has 0 radical (unpaired) electrons. The molecule has 0 aliphatic carbocycles. The van der Waals surface area contributed by atoms with Crippen molar-refractivity contribution in [3.05, 3.63) is 52.7 Å². The van der Waals surface area contributed by atoms with Crippen LogP contribution in [0.25, 0.3) is 0 Å². The van der Waals surface area contributed by atoms with Gasteiger partial charge in [0.25, 0.3) is 5.56 Å². The van der Waals surface area contributed by atoms with E-state index in [4.69, 9.17) is 0 Å². The first-order valence-electron chi connectivity index (χ1n) is 6.49. The summed E-state index contributed by atoms with van der Waals surface area (Å²) >= 11 is 0. The van der Waals surface area contributed by atoms with Gasteiger partial charge < -0.3 is 5.32 Å². The van der Waals surface area contributed by atoms with Crippen LogP contribution in [0.4, 0.5) is 5.69 Å². The highest BCUT2D eigenvalue weighted by atomic mass is 16.1. The first-order valence-corrected chi connectivity index (χ1v) is 6.49. The number of nitrogens with one attached hydrogen (secondary N) is 1. The number of aromatic nitrogens is 3. The standard InChI is InChI=1S/C14H18N4O/c1-2-6-16-13-9-14(19)18(17-11-13)8-5-12-4-3-7-15-10-12/h3-4,7,9-11,16H,2,5-6,8H2,1H3. The minimum Gasteiger partial charge on any atom is -0.384 e. The summed E-state index contributed by atoms with van der Waals surface area (Å²) in [5.74, 6) is 0. The number of pyridine rings is 1. The van der Waals surface area contributed by atoms with Crippen LogP contribution in [0.2, 0.25) is 0 Å². The molecule has 0 atom stereocenters. The van der Waals surface area contributed by atoms with Crippen LogP contribution in [0.15, 0.2) is 41.6 Å². The molecule has 0 spiro atoms. The van der Waals surface area contributed by atoms with Crippen molar-refractivity contribution in [3.63, 3.8) is 0 Å². The molecule has 0 aromatic carbocycles. The molecule has 0 amide bonds. The SMILES string of the molecule is CCCNc1cnn(CCc2cccnc2)c(=O)c1. The fourth-order valence-electron chi connectivity index (χ4n) is 1.75. The minimum absolute atomic E-state index is 0.0787. The zero-order valence-electron chi connectivity index (χ0n) is 11.0. The second-order valence-corrected chi connectivity index (χ2v) is 4.34. The molecule has 100 valence electrons. The van der Waals surface area contributed by atoms with E-state index >= 15 is 0 Å². The summed E-state index contributed by atoms with van der Waals surface area (Å²) < 4.78 is 1.48. The fourth-order valence-corrected chi connectivity index (χ4v) is 1.75. The van der Waals surface area contributed by atoms with Crippen molar-refractivity contribution in [2.24, 2.45) is 0 Å². The Morgan fingerprint density at radius 1 is 1.37 bits per heavy atom. The van der Waals surface area contributed by atoms with Crippen LogP contribution >= 0.6 is 0 Å². The Labute approximate surface area is 112 Å². The van der Waals surface area contributed by atoms with E-state index in [0.717, 1.165) is 30.6 Å². The lowest BCUT2D eigenvalue weighted by Gasteiger charge is -2.07. The lowest BCUT2D eigenvalue weighted by atomic mass is 10.2. The molecular formula is C14H18N4O. The number of anilines is 1. The van der Waals surface area contributed by atoms with E-state index in [1.807, 2.05) is 18.3 Å². The quantitative estimate of drug-likeness (QED) is 0.856. The highest BCUT2D eigenvalue weighted by Crippen LogP contribution is 2.01. The van der Waals surface area contributed by atoms with Gasteiger partial charge in [0.2, 0.25) is 0 Å². The molecule has 5 heteroatoms. The Balaban J connectivity index is 1.99. The summed E-state index contributed by atoms with van der Waals surface area (Å²) in [6, 6.07) is 5.48. The van der Waals surface area contributed by atoms with Gasteiger partial charge >= 0.3 is 0 Å². The average Bonchev–Trinajstić information content (AvgIpc) is 2.45. The Hall–Kier alpha value is -2.17. The molecule has 1 N–H and O–H groups in total. The Morgan fingerprint density at radius 3 is 2.95 bits per heavy atom. The molecule has 2 heterocycles. The minimum atomic E-state index is -0.0787. The number of rotatable bonds is 6. The van der Waals surface area contributed by atoms with Gasteiger partial charge in [-0.05, 0) is 24.5 Å². The Bertz CT molecular complexity index is 565. The molecule has 19 heavy (non-hydrogen) atoms. The first-order chi connectivity index (χ1) is 9.29. The van der Waals surface area contributed by atoms with Crippen molar-refractivity contribution >= 4 is 5.69 Å². The van der Waals surface area contributed by atoms with E-state index in [9.17, 15) is 4.79 Å². The van der Waals surface area contributed by atoms with Gasteiger partial charge in [-0.25, -0.2) is 4.68 Å². The molecule has 0 aliphatic rings. The largest absolute Gasteiger partial charge is 0.384 e. The van der Waals surface area contributed by atoms with Gasteiger partial charge in [0.15, 0.2) is 0 Å². The van der Waals surface area contributed by atoms with E-state index in [-0.39, 0.29) is 5.56 Å². The van der Waals surface area contributed by atoms with Gasteiger partial charge in [-0.2, -0.15) is 5.10 Å². The molecule has 5 nitrogen and oxygen atoms in total. The normalized spacial score (nSPS) is 10.4. The molecule has 0 unspecified atom stereocenters. The van der Waals surface area contributed by atoms with Crippen molar-refractivity contribution in [1.29, 1.82) is 0 Å². The fraction of sp³-hybridized carbons (Fsp3) is 0.357. The number of nitrogens with zero attached hydrogens (tertiary/aromatic N) is 3. The smallest absolute Gasteiger partial charge is 0.268 e. The molecule has 0 bridgehead atoms. The average molecular weight is 258 g/mol. The maximum Gasteiger partial charge on any atom is 0.268 e. The van der Waals surface area contributed by atoms with Gasteiger partial charge in [0.1, 0.15) is 0 Å². The first kappa shape index (κ1) is 13.3. The van der Waals surface area contributed by atoms with Gasteiger partial charge in [-0.3, -0.25) is 9.78 Å². The van der Waals surface area contributed by atoms with Crippen LogP contribution in [0.5, 0.6) is 0 Å². The van der Waals surface area contributed by atoms with Crippen LogP contribution < -0.4 is 10.9 Å². The third-order valence-electron chi connectivity index (χ3n) is 2.78. The van der Waals surface area contributed by atoms with Crippen molar-refractivity contribution in [3.8, 4) is 0 Å². The van der Waals surface area contributed by atoms with Crippen LogP contribution in [0.1, 0.15) is 18.9 Å². The number of hydrogen-bond donors (Lipinski definition) is 1. The zero-order valence-corrected chi connectivity index (χ0v) is 11.0. The molecular weight excluding hydrogens is 240 g/mol. The summed E-state index contributed by atoms with van der Waals surface area (Å²) in [6.45, 7) is 3.49. The maximum absolute atomic E-state index is 11.9. The number of aryl methyl sites for hydroxylation is 2. The highest BCUT2D eigenvalue weighted by molar-refractivity contribution is 5.38.